The van der Waals surface area contributed by atoms with Gasteiger partial charge in [0.05, 0.1) is 18.7 Å². The molecule has 0 spiro atoms. The van der Waals surface area contributed by atoms with Gasteiger partial charge in [-0.2, -0.15) is 0 Å². The lowest BCUT2D eigenvalue weighted by Gasteiger charge is -2.28. The van der Waals surface area contributed by atoms with Crippen molar-refractivity contribution in [2.75, 3.05) is 32.6 Å². The topological polar surface area (TPSA) is 80.5 Å². The number of methoxy groups -OCH3 is 1. The first-order chi connectivity index (χ1) is 11.6. The fraction of sp³-hybridized carbons (Fsp3) is 0.471. The Morgan fingerprint density at radius 1 is 1.42 bits per heavy atom. The number of likely N-dealkylation sites (tertiary alicyclic amines) is 1. The summed E-state index contributed by atoms with van der Waals surface area (Å²) in [6, 6.07) is 5.42. The lowest BCUT2D eigenvalue weighted by Crippen LogP contribution is -2.38. The number of nitrogens with zero attached hydrogens (tertiary/aromatic N) is 3. The maximum absolute atomic E-state index is 12.6. The quantitative estimate of drug-likeness (QED) is 0.927. The first-order valence-electron chi connectivity index (χ1n) is 8.04. The van der Waals surface area contributed by atoms with Crippen molar-refractivity contribution >= 4 is 11.6 Å². The molecule has 1 N–H and O–H groups in total. The molecule has 0 aliphatic carbocycles. The third-order valence-electron chi connectivity index (χ3n) is 4.23. The van der Waals surface area contributed by atoms with Gasteiger partial charge in [0.1, 0.15) is 5.75 Å². The molecule has 1 aromatic carbocycles. The van der Waals surface area contributed by atoms with Gasteiger partial charge in [-0.15, -0.1) is 10.2 Å². The van der Waals surface area contributed by atoms with Crippen molar-refractivity contribution in [2.45, 2.75) is 19.8 Å². The molecule has 1 amide bonds. The summed E-state index contributed by atoms with van der Waals surface area (Å²) >= 11 is 0. The van der Waals surface area contributed by atoms with Crippen LogP contribution in [0.4, 0.5) is 5.69 Å². The molecule has 0 radical (unpaired) electrons. The number of carbonyl (C=O) groups is 1. The van der Waals surface area contributed by atoms with Crippen LogP contribution in [0.1, 0.15) is 18.7 Å². The second-order valence-electron chi connectivity index (χ2n) is 6.13. The second kappa shape index (κ2) is 7.00. The molecule has 1 atom stereocenters. The summed E-state index contributed by atoms with van der Waals surface area (Å²) in [5.41, 5.74) is 1.36. The fourth-order valence-electron chi connectivity index (χ4n) is 2.97. The predicted octanol–water partition coefficient (Wildman–Crippen LogP) is 2.33. The van der Waals surface area contributed by atoms with Crippen molar-refractivity contribution < 1.29 is 13.9 Å². The molecular formula is C17H22N4O3. The van der Waals surface area contributed by atoms with Crippen LogP contribution in [0.2, 0.25) is 0 Å². The third kappa shape index (κ3) is 3.56. The number of carbonyl (C=O) groups excluding carboxylic acids is 1. The van der Waals surface area contributed by atoms with Crippen LogP contribution in [0.3, 0.4) is 0 Å². The van der Waals surface area contributed by atoms with E-state index in [9.17, 15) is 4.79 Å². The van der Waals surface area contributed by atoms with Gasteiger partial charge in [0.15, 0.2) is 0 Å². The number of nitrogens with one attached hydrogen (secondary N) is 1. The molecule has 7 heteroatoms. The first-order valence-corrected chi connectivity index (χ1v) is 8.04. The van der Waals surface area contributed by atoms with Crippen LogP contribution in [-0.2, 0) is 4.79 Å². The van der Waals surface area contributed by atoms with Crippen LogP contribution in [0.25, 0.3) is 11.5 Å². The monoisotopic (exact) mass is 330 g/mol. The summed E-state index contributed by atoms with van der Waals surface area (Å²) in [6.45, 7) is 3.55. The lowest BCUT2D eigenvalue weighted by atomic mass is 9.97. The number of ether oxygens (including phenoxy) is 1. The molecule has 2 heterocycles. The number of benzene rings is 1. The van der Waals surface area contributed by atoms with Crippen molar-refractivity contribution in [1.29, 1.82) is 0 Å². The smallest absolute Gasteiger partial charge is 0.247 e. The zero-order valence-electron chi connectivity index (χ0n) is 14.2. The first kappa shape index (κ1) is 16.4. The molecule has 1 aromatic heterocycles. The van der Waals surface area contributed by atoms with Gasteiger partial charge in [-0.1, -0.05) is 0 Å². The zero-order valence-corrected chi connectivity index (χ0v) is 14.2. The SMILES string of the molecule is COc1ccc(-c2nnc(C)o2)cc1NC(=O)C1CCCN(C)C1. The highest BCUT2D eigenvalue weighted by Gasteiger charge is 2.25. The Balaban J connectivity index is 1.81. The Morgan fingerprint density at radius 3 is 2.92 bits per heavy atom. The minimum Gasteiger partial charge on any atom is -0.495 e. The molecule has 2 aromatic rings. The third-order valence-corrected chi connectivity index (χ3v) is 4.23. The molecule has 128 valence electrons. The highest BCUT2D eigenvalue weighted by molar-refractivity contribution is 5.94. The maximum atomic E-state index is 12.6. The van der Waals surface area contributed by atoms with Gasteiger partial charge in [0.25, 0.3) is 0 Å². The molecule has 1 saturated heterocycles. The van der Waals surface area contributed by atoms with Crippen molar-refractivity contribution in [3.63, 3.8) is 0 Å². The van der Waals surface area contributed by atoms with E-state index in [2.05, 4.69) is 20.4 Å². The van der Waals surface area contributed by atoms with E-state index >= 15 is 0 Å². The number of anilines is 1. The molecule has 24 heavy (non-hydrogen) atoms. The van der Waals surface area contributed by atoms with Gasteiger partial charge < -0.3 is 19.4 Å². The molecular weight excluding hydrogens is 308 g/mol. The van der Waals surface area contributed by atoms with E-state index in [1.165, 1.54) is 0 Å². The lowest BCUT2D eigenvalue weighted by molar-refractivity contribution is -0.121. The standard InChI is InChI=1S/C17H22N4O3/c1-11-19-20-17(24-11)12-6-7-15(23-3)14(9-12)18-16(22)13-5-4-8-21(2)10-13/h6-7,9,13H,4-5,8,10H2,1-3H3,(H,18,22). The number of rotatable bonds is 4. The second-order valence-corrected chi connectivity index (χ2v) is 6.13. The minimum absolute atomic E-state index is 0.0113. The number of amides is 1. The summed E-state index contributed by atoms with van der Waals surface area (Å²) in [4.78, 5) is 14.8. The normalized spacial score (nSPS) is 18.4. The molecule has 3 rings (SSSR count). The van der Waals surface area contributed by atoms with Gasteiger partial charge in [-0.3, -0.25) is 4.79 Å². The van der Waals surface area contributed by atoms with E-state index in [-0.39, 0.29) is 11.8 Å². The van der Waals surface area contributed by atoms with Crippen molar-refractivity contribution in [2.24, 2.45) is 5.92 Å². The largest absolute Gasteiger partial charge is 0.495 e. The highest BCUT2D eigenvalue weighted by atomic mass is 16.5. The van der Waals surface area contributed by atoms with E-state index < -0.39 is 0 Å². The number of aromatic nitrogens is 2. The van der Waals surface area contributed by atoms with Crippen LogP contribution >= 0.6 is 0 Å². The van der Waals surface area contributed by atoms with Crippen molar-refractivity contribution in [3.8, 4) is 17.2 Å². The summed E-state index contributed by atoms with van der Waals surface area (Å²) in [6.07, 6.45) is 1.94. The minimum atomic E-state index is -0.0113. The van der Waals surface area contributed by atoms with E-state index in [0.717, 1.165) is 31.5 Å². The molecule has 7 nitrogen and oxygen atoms in total. The molecule has 1 fully saturated rings. The molecule has 0 saturated carbocycles. The van der Waals surface area contributed by atoms with Crippen LogP contribution in [0.15, 0.2) is 22.6 Å². The Morgan fingerprint density at radius 2 is 2.25 bits per heavy atom. The number of hydrogen-bond acceptors (Lipinski definition) is 6. The van der Waals surface area contributed by atoms with E-state index in [1.54, 1.807) is 26.2 Å². The average molecular weight is 330 g/mol. The number of aryl methyl sites for hydroxylation is 1. The number of piperidine rings is 1. The van der Waals surface area contributed by atoms with Crippen LogP contribution in [0.5, 0.6) is 5.75 Å². The van der Waals surface area contributed by atoms with Gasteiger partial charge in [0.2, 0.25) is 17.7 Å². The molecule has 1 unspecified atom stereocenters. The van der Waals surface area contributed by atoms with Crippen LogP contribution in [0, 0.1) is 12.8 Å². The van der Waals surface area contributed by atoms with Crippen molar-refractivity contribution in [1.82, 2.24) is 15.1 Å². The van der Waals surface area contributed by atoms with Gasteiger partial charge >= 0.3 is 0 Å². The Labute approximate surface area is 141 Å². The number of hydrogen-bond donors (Lipinski definition) is 1. The van der Waals surface area contributed by atoms with E-state index in [1.807, 2.05) is 13.1 Å². The molecule has 1 aliphatic heterocycles. The highest BCUT2D eigenvalue weighted by Crippen LogP contribution is 2.31. The molecule has 0 bridgehead atoms. The summed E-state index contributed by atoms with van der Waals surface area (Å²) < 4.78 is 10.8. The van der Waals surface area contributed by atoms with E-state index in [0.29, 0.717) is 23.2 Å². The Hall–Kier alpha value is -2.41. The summed E-state index contributed by atoms with van der Waals surface area (Å²) in [7, 11) is 3.62. The van der Waals surface area contributed by atoms with E-state index in [4.69, 9.17) is 9.15 Å². The maximum Gasteiger partial charge on any atom is 0.247 e. The summed E-state index contributed by atoms with van der Waals surface area (Å²) in [5, 5.41) is 10.8. The predicted molar refractivity (Wildman–Crippen MR) is 89.9 cm³/mol. The average Bonchev–Trinajstić information content (AvgIpc) is 3.01. The molecule has 1 aliphatic rings. The van der Waals surface area contributed by atoms with Gasteiger partial charge in [-0.25, -0.2) is 0 Å². The van der Waals surface area contributed by atoms with Gasteiger partial charge in [-0.05, 0) is 44.6 Å². The zero-order chi connectivity index (χ0) is 17.1. The fourth-order valence-corrected chi connectivity index (χ4v) is 2.97. The van der Waals surface area contributed by atoms with Crippen LogP contribution in [-0.4, -0.2) is 48.3 Å². The summed E-state index contributed by atoms with van der Waals surface area (Å²) in [5.74, 6) is 1.52. The van der Waals surface area contributed by atoms with Gasteiger partial charge in [0, 0.05) is 19.0 Å². The van der Waals surface area contributed by atoms with Crippen molar-refractivity contribution in [3.05, 3.63) is 24.1 Å². The van der Waals surface area contributed by atoms with Crippen LogP contribution < -0.4 is 10.1 Å². The Kier molecular flexibility index (Phi) is 4.80. The Bertz CT molecular complexity index is 728.